The van der Waals surface area contributed by atoms with E-state index in [0.717, 1.165) is 26.2 Å². The Bertz CT molecular complexity index is 455. The Kier molecular flexibility index (Phi) is 5.93. The summed E-state index contributed by atoms with van der Waals surface area (Å²) in [6, 6.07) is 9.69. The summed E-state index contributed by atoms with van der Waals surface area (Å²) in [6.07, 6.45) is 0. The highest BCUT2D eigenvalue weighted by molar-refractivity contribution is 8.11. The van der Waals surface area contributed by atoms with Crippen LogP contribution in [0.3, 0.4) is 0 Å². The first kappa shape index (κ1) is 15.2. The number of nitrogens with zero attached hydrogens (tertiary/aromatic N) is 3. The van der Waals surface area contributed by atoms with E-state index in [1.165, 1.54) is 0 Å². The van der Waals surface area contributed by atoms with E-state index in [0.29, 0.717) is 8.52 Å². The Morgan fingerprint density at radius 1 is 1.28 bits per heavy atom. The van der Waals surface area contributed by atoms with Gasteiger partial charge in [0.25, 0.3) is 3.12 Å². The zero-order chi connectivity index (χ0) is 13.0. The van der Waals surface area contributed by atoms with Crippen molar-refractivity contribution in [2.24, 2.45) is 9.03 Å². The number of benzene rings is 1. The number of halogens is 3. The largest absolute Gasteiger partial charge is 0.258 e. The van der Waals surface area contributed by atoms with Crippen molar-refractivity contribution in [3.63, 3.8) is 0 Å². The molecule has 0 radical (unpaired) electrons. The zero-order valence-electron chi connectivity index (χ0n) is 8.61. The average molecular weight is 378 g/mol. The third-order valence-electron chi connectivity index (χ3n) is 1.68. The minimum atomic E-state index is -1.43. The molecule has 0 saturated carbocycles. The second-order valence-corrected chi connectivity index (χ2v) is 10.9. The van der Waals surface area contributed by atoms with E-state index in [1.54, 1.807) is 0 Å². The van der Waals surface area contributed by atoms with Gasteiger partial charge < -0.3 is 0 Å². The lowest BCUT2D eigenvalue weighted by Gasteiger charge is -2.30. The summed E-state index contributed by atoms with van der Waals surface area (Å²) in [5.74, 6) is 0. The van der Waals surface area contributed by atoms with Crippen LogP contribution in [0.4, 0.5) is 5.69 Å². The van der Waals surface area contributed by atoms with Gasteiger partial charge in [0.05, 0.1) is 5.69 Å². The predicted molar refractivity (Wildman–Crippen MR) is 85.6 cm³/mol. The number of rotatable bonds is 3. The van der Waals surface area contributed by atoms with Crippen molar-refractivity contribution < 1.29 is 0 Å². The first-order chi connectivity index (χ1) is 8.56. The highest BCUT2D eigenvalue weighted by Gasteiger charge is 2.31. The molecule has 11 heteroatoms. The van der Waals surface area contributed by atoms with Gasteiger partial charge in [0.1, 0.15) is 8.52 Å². The van der Waals surface area contributed by atoms with Crippen LogP contribution in [0, 0.1) is 0 Å². The van der Waals surface area contributed by atoms with Crippen LogP contribution in [0.25, 0.3) is 0 Å². The van der Waals surface area contributed by atoms with Crippen LogP contribution in [-0.4, -0.2) is 3.12 Å². The fourth-order valence-corrected chi connectivity index (χ4v) is 7.12. The molecular formula is C7H6Cl3N4P3S. The highest BCUT2D eigenvalue weighted by Crippen LogP contribution is 2.57. The van der Waals surface area contributed by atoms with Gasteiger partial charge in [-0.1, -0.05) is 53.0 Å². The maximum absolute atomic E-state index is 5.86. The SMILES string of the molecule is ClC(Cl)(Cl)SN(c1ccccc1)P1N=PN=PN1. The third kappa shape index (κ3) is 4.74. The Labute approximate surface area is 129 Å². The van der Waals surface area contributed by atoms with Crippen molar-refractivity contribution in [1.82, 2.24) is 4.86 Å². The van der Waals surface area contributed by atoms with Gasteiger partial charge in [-0.2, -0.15) is 13.9 Å². The van der Waals surface area contributed by atoms with Crippen molar-refractivity contribution in [3.8, 4) is 0 Å². The normalized spacial score (nSPS) is 20.7. The topological polar surface area (TPSA) is 40.0 Å². The highest BCUT2D eigenvalue weighted by atomic mass is 35.6. The zero-order valence-corrected chi connectivity index (χ0v) is 14.4. The lowest BCUT2D eigenvalue weighted by Crippen LogP contribution is -2.16. The Balaban J connectivity index is 2.23. The van der Waals surface area contributed by atoms with Gasteiger partial charge in [-0.25, -0.2) is 0 Å². The van der Waals surface area contributed by atoms with Gasteiger partial charge >= 0.3 is 0 Å². The summed E-state index contributed by atoms with van der Waals surface area (Å²) in [6.45, 7) is 0. The number of anilines is 1. The summed E-state index contributed by atoms with van der Waals surface area (Å²) in [7, 11) is 0.515. The molecule has 1 atom stereocenters. The summed E-state index contributed by atoms with van der Waals surface area (Å²) in [5, 5.41) is 0. The second-order valence-electron chi connectivity index (χ2n) is 2.90. The van der Waals surface area contributed by atoms with E-state index in [1.807, 2.05) is 34.4 Å². The smallest absolute Gasteiger partial charge is 0.256 e. The lowest BCUT2D eigenvalue weighted by molar-refractivity contribution is 1.48. The van der Waals surface area contributed by atoms with Gasteiger partial charge in [0.2, 0.25) is 8.37 Å². The molecule has 0 fully saturated rings. The van der Waals surface area contributed by atoms with Gasteiger partial charge in [0, 0.05) is 11.9 Å². The molecule has 0 aromatic heterocycles. The molecule has 1 heterocycles. The van der Waals surface area contributed by atoms with E-state index < -0.39 is 11.5 Å². The molecule has 0 spiro atoms. The van der Waals surface area contributed by atoms with E-state index in [2.05, 4.69) is 13.9 Å². The third-order valence-corrected chi connectivity index (χ3v) is 6.93. The summed E-state index contributed by atoms with van der Waals surface area (Å²) < 4.78 is 8.87. The van der Waals surface area contributed by atoms with Crippen LogP contribution in [0.5, 0.6) is 0 Å². The Morgan fingerprint density at radius 2 is 2.00 bits per heavy atom. The van der Waals surface area contributed by atoms with Crippen molar-refractivity contribution in [2.45, 2.75) is 3.12 Å². The molecule has 0 bridgehead atoms. The van der Waals surface area contributed by atoms with Gasteiger partial charge in [-0.15, -0.1) is 0 Å². The molecule has 0 aliphatic carbocycles. The molecule has 0 saturated heterocycles. The fourth-order valence-electron chi connectivity index (χ4n) is 1.09. The maximum atomic E-state index is 5.86. The Morgan fingerprint density at radius 3 is 2.56 bits per heavy atom. The van der Waals surface area contributed by atoms with Crippen LogP contribution >= 0.6 is 72.2 Å². The summed E-state index contributed by atoms with van der Waals surface area (Å²) in [4.78, 5) is 3.17. The average Bonchev–Trinajstić information content (AvgIpc) is 2.37. The number of alkyl halides is 3. The van der Waals surface area contributed by atoms with Crippen LogP contribution in [0.2, 0.25) is 0 Å². The predicted octanol–water partition coefficient (Wildman–Crippen LogP) is 6.39. The molecule has 1 aliphatic rings. The summed E-state index contributed by atoms with van der Waals surface area (Å²) in [5.41, 5.74) is 0.934. The van der Waals surface area contributed by atoms with Gasteiger partial charge in [-0.3, -0.25) is 4.08 Å². The number of hydrogen-bond donors (Lipinski definition) is 1. The van der Waals surface area contributed by atoms with Gasteiger partial charge in [-0.05, 0) is 12.1 Å². The molecule has 0 amide bonds. The van der Waals surface area contributed by atoms with Gasteiger partial charge in [0.15, 0.2) is 8.52 Å². The van der Waals surface area contributed by atoms with Crippen molar-refractivity contribution in [1.29, 1.82) is 0 Å². The summed E-state index contributed by atoms with van der Waals surface area (Å²) >= 11 is 18.7. The quantitative estimate of drug-likeness (QED) is 0.377. The molecule has 1 aliphatic heterocycles. The van der Waals surface area contributed by atoms with E-state index in [4.69, 9.17) is 34.8 Å². The fraction of sp³-hybridized carbons (Fsp3) is 0.143. The van der Waals surface area contributed by atoms with Crippen molar-refractivity contribution in [3.05, 3.63) is 30.3 Å². The monoisotopic (exact) mass is 376 g/mol. The maximum Gasteiger partial charge on any atom is 0.256 e. The number of nitrogens with one attached hydrogen (secondary N) is 1. The van der Waals surface area contributed by atoms with Crippen molar-refractivity contribution in [2.75, 3.05) is 4.08 Å². The molecular weight excluding hydrogens is 371 g/mol. The molecule has 18 heavy (non-hydrogen) atoms. The van der Waals surface area contributed by atoms with Crippen molar-refractivity contribution >= 4 is 77.9 Å². The van der Waals surface area contributed by atoms with Crippen LogP contribution in [-0.2, 0) is 0 Å². The molecule has 1 N–H and O–H groups in total. The molecule has 1 aromatic carbocycles. The van der Waals surface area contributed by atoms with Crippen LogP contribution in [0.15, 0.2) is 39.4 Å². The van der Waals surface area contributed by atoms with E-state index >= 15 is 0 Å². The van der Waals surface area contributed by atoms with E-state index in [-0.39, 0.29) is 0 Å². The minimum absolute atomic E-state index is 0.699. The minimum Gasteiger partial charge on any atom is -0.258 e. The molecule has 2 rings (SSSR count). The molecule has 4 nitrogen and oxygen atoms in total. The lowest BCUT2D eigenvalue weighted by atomic mass is 10.3. The van der Waals surface area contributed by atoms with Crippen LogP contribution in [0.1, 0.15) is 0 Å². The van der Waals surface area contributed by atoms with E-state index in [9.17, 15) is 0 Å². The molecule has 1 unspecified atom stereocenters. The first-order valence-corrected chi connectivity index (χ1v) is 9.34. The second kappa shape index (κ2) is 7.02. The first-order valence-electron chi connectivity index (χ1n) is 4.54. The number of hydrogen-bond acceptors (Lipinski definition) is 5. The molecule has 1 aromatic rings. The molecule has 96 valence electrons. The Hall–Kier alpha value is 0.830. The van der Waals surface area contributed by atoms with Crippen LogP contribution < -0.4 is 8.93 Å². The number of para-hydroxylation sites is 1. The standard InChI is InChI=1S/C7H6Cl3N4P3S/c8-7(9,10)18-14(6-4-2-1-3-5-6)17-12-15-11-16-13-17/h1-5H,(H,11,12,13).